The van der Waals surface area contributed by atoms with Crippen molar-refractivity contribution in [3.8, 4) is 0 Å². The van der Waals surface area contributed by atoms with Gasteiger partial charge >= 0.3 is 0 Å². The Morgan fingerprint density at radius 2 is 1.53 bits per heavy atom. The van der Waals surface area contributed by atoms with E-state index in [2.05, 4.69) is 5.32 Å². The van der Waals surface area contributed by atoms with Crippen LogP contribution in [0.1, 0.15) is 70.6 Å². The van der Waals surface area contributed by atoms with Crippen molar-refractivity contribution in [3.05, 3.63) is 0 Å². The highest BCUT2D eigenvalue weighted by Gasteiger charge is 2.39. The van der Waals surface area contributed by atoms with Crippen LogP contribution in [0.25, 0.3) is 0 Å². The molecule has 0 radical (unpaired) electrons. The Labute approximate surface area is 118 Å². The molecule has 1 heteroatoms. The zero-order valence-corrected chi connectivity index (χ0v) is 12.4. The molecule has 4 fully saturated rings. The molecule has 0 saturated heterocycles. The summed E-state index contributed by atoms with van der Waals surface area (Å²) in [5.74, 6) is 5.45. The van der Waals surface area contributed by atoms with Gasteiger partial charge in [0.15, 0.2) is 0 Å². The van der Waals surface area contributed by atoms with Gasteiger partial charge < -0.3 is 5.32 Å². The first-order valence-corrected chi connectivity index (χ1v) is 9.12. The van der Waals surface area contributed by atoms with E-state index in [4.69, 9.17) is 0 Å². The molecular formula is C18H31N. The van der Waals surface area contributed by atoms with Crippen molar-refractivity contribution in [1.29, 1.82) is 0 Å². The van der Waals surface area contributed by atoms with Gasteiger partial charge in [-0.2, -0.15) is 0 Å². The van der Waals surface area contributed by atoms with Gasteiger partial charge in [0, 0.05) is 6.04 Å². The maximum Gasteiger partial charge on any atom is 0.00700 e. The minimum absolute atomic E-state index is 0.874. The monoisotopic (exact) mass is 261 g/mol. The van der Waals surface area contributed by atoms with E-state index in [1.165, 1.54) is 45.1 Å². The Kier molecular flexibility index (Phi) is 3.60. The predicted molar refractivity (Wildman–Crippen MR) is 80.0 cm³/mol. The molecule has 6 unspecified atom stereocenters. The quantitative estimate of drug-likeness (QED) is 0.795. The van der Waals surface area contributed by atoms with E-state index in [0.29, 0.717) is 0 Å². The molecule has 0 aromatic carbocycles. The van der Waals surface area contributed by atoms with E-state index in [-0.39, 0.29) is 0 Å². The SMILES string of the molecule is C1CCC2CC(NCC3CC4CCC3C4)CCC2C1. The summed E-state index contributed by atoms with van der Waals surface area (Å²) in [5.41, 5.74) is 0. The number of fused-ring (bicyclic) bond motifs is 3. The third-order valence-corrected chi connectivity index (χ3v) is 7.09. The summed E-state index contributed by atoms with van der Waals surface area (Å²) in [6.45, 7) is 1.35. The fraction of sp³-hybridized carbons (Fsp3) is 1.00. The molecule has 6 atom stereocenters. The van der Waals surface area contributed by atoms with E-state index in [0.717, 1.165) is 35.6 Å². The molecule has 1 nitrogen and oxygen atoms in total. The summed E-state index contributed by atoms with van der Waals surface area (Å²) < 4.78 is 0. The van der Waals surface area contributed by atoms with Gasteiger partial charge in [0.2, 0.25) is 0 Å². The van der Waals surface area contributed by atoms with Crippen LogP contribution in [0.5, 0.6) is 0 Å². The third kappa shape index (κ3) is 2.60. The van der Waals surface area contributed by atoms with E-state index >= 15 is 0 Å². The number of hydrogen-bond acceptors (Lipinski definition) is 1. The van der Waals surface area contributed by atoms with Gasteiger partial charge in [0.1, 0.15) is 0 Å². The van der Waals surface area contributed by atoms with Gasteiger partial charge in [-0.1, -0.05) is 32.1 Å². The third-order valence-electron chi connectivity index (χ3n) is 7.09. The molecule has 4 aliphatic carbocycles. The predicted octanol–water partition coefficient (Wildman–Crippen LogP) is 4.37. The molecule has 0 aromatic rings. The highest BCUT2D eigenvalue weighted by atomic mass is 14.9. The zero-order valence-electron chi connectivity index (χ0n) is 12.4. The molecule has 1 N–H and O–H groups in total. The Morgan fingerprint density at radius 1 is 0.684 bits per heavy atom. The summed E-state index contributed by atoms with van der Waals surface area (Å²) >= 11 is 0. The van der Waals surface area contributed by atoms with Crippen molar-refractivity contribution in [2.45, 2.75) is 76.7 Å². The van der Waals surface area contributed by atoms with Gasteiger partial charge in [-0.05, 0) is 74.7 Å². The van der Waals surface area contributed by atoms with Crippen LogP contribution in [-0.2, 0) is 0 Å². The maximum absolute atomic E-state index is 3.98. The lowest BCUT2D eigenvalue weighted by atomic mass is 9.69. The molecule has 108 valence electrons. The molecule has 0 spiro atoms. The van der Waals surface area contributed by atoms with Crippen LogP contribution in [0.15, 0.2) is 0 Å². The summed E-state index contributed by atoms with van der Waals surface area (Å²) in [6.07, 6.45) is 16.8. The van der Waals surface area contributed by atoms with Crippen molar-refractivity contribution in [2.24, 2.45) is 29.6 Å². The average Bonchev–Trinajstić information content (AvgIpc) is 3.07. The van der Waals surface area contributed by atoms with Crippen molar-refractivity contribution >= 4 is 0 Å². The molecule has 4 aliphatic rings. The lowest BCUT2D eigenvalue weighted by Gasteiger charge is -2.40. The molecule has 0 heterocycles. The van der Waals surface area contributed by atoms with Gasteiger partial charge in [0.05, 0.1) is 0 Å². The van der Waals surface area contributed by atoms with Crippen LogP contribution in [-0.4, -0.2) is 12.6 Å². The van der Waals surface area contributed by atoms with Crippen LogP contribution in [0.4, 0.5) is 0 Å². The largest absolute Gasteiger partial charge is 0.314 e. The van der Waals surface area contributed by atoms with E-state index in [1.807, 2.05) is 0 Å². The summed E-state index contributed by atoms with van der Waals surface area (Å²) in [6, 6.07) is 0.874. The first-order chi connectivity index (χ1) is 9.38. The molecular weight excluding hydrogens is 230 g/mol. The minimum Gasteiger partial charge on any atom is -0.314 e. The number of hydrogen-bond donors (Lipinski definition) is 1. The summed E-state index contributed by atoms with van der Waals surface area (Å²) in [5, 5.41) is 3.98. The Hall–Kier alpha value is -0.0400. The summed E-state index contributed by atoms with van der Waals surface area (Å²) in [4.78, 5) is 0. The second-order valence-electron chi connectivity index (χ2n) is 8.16. The first kappa shape index (κ1) is 12.7. The topological polar surface area (TPSA) is 12.0 Å². The van der Waals surface area contributed by atoms with Crippen molar-refractivity contribution in [3.63, 3.8) is 0 Å². The Morgan fingerprint density at radius 3 is 2.32 bits per heavy atom. The van der Waals surface area contributed by atoms with Gasteiger partial charge in [-0.3, -0.25) is 0 Å². The average molecular weight is 261 g/mol. The molecule has 19 heavy (non-hydrogen) atoms. The normalized spacial score (nSPS) is 49.3. The fourth-order valence-corrected chi connectivity index (χ4v) is 6.00. The molecule has 0 amide bonds. The standard InChI is InChI=1S/C18H31N/c1-2-4-15-11-18(8-7-14(15)3-1)19-12-17-10-13-5-6-16(17)9-13/h13-19H,1-12H2. The Balaban J connectivity index is 1.25. The number of nitrogens with one attached hydrogen (secondary N) is 1. The molecule has 2 bridgehead atoms. The van der Waals surface area contributed by atoms with Crippen molar-refractivity contribution < 1.29 is 0 Å². The zero-order chi connectivity index (χ0) is 12.7. The highest BCUT2D eigenvalue weighted by Crippen LogP contribution is 2.48. The fourth-order valence-electron chi connectivity index (χ4n) is 6.00. The molecule has 0 aromatic heterocycles. The first-order valence-electron chi connectivity index (χ1n) is 9.12. The van der Waals surface area contributed by atoms with Gasteiger partial charge in [-0.25, -0.2) is 0 Å². The van der Waals surface area contributed by atoms with Crippen LogP contribution in [0.2, 0.25) is 0 Å². The van der Waals surface area contributed by atoms with E-state index in [9.17, 15) is 0 Å². The van der Waals surface area contributed by atoms with Crippen LogP contribution >= 0.6 is 0 Å². The smallest absolute Gasteiger partial charge is 0.00700 e. The Bertz CT molecular complexity index is 313. The van der Waals surface area contributed by atoms with Crippen molar-refractivity contribution in [1.82, 2.24) is 5.32 Å². The van der Waals surface area contributed by atoms with Crippen molar-refractivity contribution in [2.75, 3.05) is 6.54 Å². The minimum atomic E-state index is 0.874. The highest BCUT2D eigenvalue weighted by molar-refractivity contribution is 4.92. The van der Waals surface area contributed by atoms with E-state index in [1.54, 1.807) is 32.1 Å². The molecule has 4 saturated carbocycles. The molecule has 4 rings (SSSR count). The van der Waals surface area contributed by atoms with Gasteiger partial charge in [-0.15, -0.1) is 0 Å². The second-order valence-corrected chi connectivity index (χ2v) is 8.16. The van der Waals surface area contributed by atoms with Gasteiger partial charge in [0.25, 0.3) is 0 Å². The second kappa shape index (κ2) is 5.39. The number of rotatable bonds is 3. The van der Waals surface area contributed by atoms with Crippen LogP contribution in [0.3, 0.4) is 0 Å². The van der Waals surface area contributed by atoms with Crippen LogP contribution < -0.4 is 5.32 Å². The lowest BCUT2D eigenvalue weighted by Crippen LogP contribution is -2.41. The van der Waals surface area contributed by atoms with E-state index < -0.39 is 0 Å². The van der Waals surface area contributed by atoms with Crippen LogP contribution in [0, 0.1) is 29.6 Å². The molecule has 0 aliphatic heterocycles. The lowest BCUT2D eigenvalue weighted by molar-refractivity contribution is 0.139. The summed E-state index contributed by atoms with van der Waals surface area (Å²) in [7, 11) is 0. The maximum atomic E-state index is 3.98.